The van der Waals surface area contributed by atoms with Gasteiger partial charge in [-0.05, 0) is 25.3 Å². The summed E-state index contributed by atoms with van der Waals surface area (Å²) in [6, 6.07) is 0.482. The normalized spacial score (nSPS) is 19.6. The first kappa shape index (κ1) is 11.4. The number of fused-ring (bicyclic) bond motifs is 1. The highest BCUT2D eigenvalue weighted by Crippen LogP contribution is 2.27. The molecule has 0 saturated carbocycles. The maximum absolute atomic E-state index is 5.50. The molecule has 0 bridgehead atoms. The number of hydrogen-bond donors (Lipinski definition) is 2. The van der Waals surface area contributed by atoms with E-state index >= 15 is 0 Å². The number of anilines is 1. The van der Waals surface area contributed by atoms with Gasteiger partial charge in [0.1, 0.15) is 0 Å². The van der Waals surface area contributed by atoms with Crippen LogP contribution in [0.25, 0.3) is 0 Å². The highest BCUT2D eigenvalue weighted by molar-refractivity contribution is 5.28. The third kappa shape index (κ3) is 2.19. The van der Waals surface area contributed by atoms with Crippen molar-refractivity contribution in [1.82, 2.24) is 14.8 Å². The summed E-state index contributed by atoms with van der Waals surface area (Å²) in [7, 11) is 0. The van der Waals surface area contributed by atoms with E-state index in [1.165, 1.54) is 0 Å². The summed E-state index contributed by atoms with van der Waals surface area (Å²) in [5.41, 5.74) is 5.50. The number of nitrogens with zero attached hydrogens (tertiary/aromatic N) is 3. The summed E-state index contributed by atoms with van der Waals surface area (Å²) < 4.78 is 2.06. The van der Waals surface area contributed by atoms with E-state index in [1.54, 1.807) is 0 Å². The number of aryl methyl sites for hydroxylation is 1. The fourth-order valence-corrected chi connectivity index (χ4v) is 2.16. The van der Waals surface area contributed by atoms with Crippen molar-refractivity contribution in [3.63, 3.8) is 0 Å². The lowest BCUT2D eigenvalue weighted by molar-refractivity contribution is 0.321. The molecule has 5 nitrogen and oxygen atoms in total. The zero-order valence-corrected chi connectivity index (χ0v) is 10.1. The van der Waals surface area contributed by atoms with Gasteiger partial charge < -0.3 is 11.1 Å². The first-order valence-corrected chi connectivity index (χ1v) is 6.11. The van der Waals surface area contributed by atoms with E-state index in [1.807, 2.05) is 0 Å². The van der Waals surface area contributed by atoms with Crippen LogP contribution in [-0.2, 0) is 6.42 Å². The smallest absolute Gasteiger partial charge is 0.221 e. The molecule has 0 saturated heterocycles. The molecule has 0 aromatic carbocycles. The summed E-state index contributed by atoms with van der Waals surface area (Å²) in [6.45, 7) is 6.17. The van der Waals surface area contributed by atoms with Crippen LogP contribution in [0, 0.1) is 5.92 Å². The van der Waals surface area contributed by atoms with Gasteiger partial charge in [0.2, 0.25) is 5.95 Å². The Labute approximate surface area is 96.4 Å². The molecule has 1 unspecified atom stereocenters. The van der Waals surface area contributed by atoms with E-state index < -0.39 is 0 Å². The van der Waals surface area contributed by atoms with Crippen molar-refractivity contribution in [2.24, 2.45) is 11.7 Å². The molecule has 0 spiro atoms. The van der Waals surface area contributed by atoms with Crippen molar-refractivity contribution in [2.75, 3.05) is 18.4 Å². The largest absolute Gasteiger partial charge is 0.354 e. The number of nitrogens with one attached hydrogen (secondary N) is 1. The number of rotatable bonds is 4. The molecule has 1 atom stereocenters. The van der Waals surface area contributed by atoms with Crippen LogP contribution in [-0.4, -0.2) is 27.9 Å². The molecule has 1 aliphatic heterocycles. The minimum absolute atomic E-state index is 0.482. The summed E-state index contributed by atoms with van der Waals surface area (Å²) in [5, 5.41) is 7.88. The van der Waals surface area contributed by atoms with Gasteiger partial charge in [-0.1, -0.05) is 13.8 Å². The zero-order chi connectivity index (χ0) is 11.5. The molecule has 90 valence electrons. The minimum atomic E-state index is 0.482. The molecule has 2 heterocycles. The Hall–Kier alpha value is -1.10. The number of hydrogen-bond acceptors (Lipinski definition) is 4. The van der Waals surface area contributed by atoms with Gasteiger partial charge in [0.25, 0.3) is 0 Å². The number of nitrogens with two attached hydrogens (primary N) is 1. The van der Waals surface area contributed by atoms with Crippen molar-refractivity contribution < 1.29 is 0 Å². The van der Waals surface area contributed by atoms with E-state index in [0.717, 1.165) is 37.6 Å². The highest BCUT2D eigenvalue weighted by Gasteiger charge is 2.24. The van der Waals surface area contributed by atoms with Crippen molar-refractivity contribution in [3.05, 3.63) is 5.82 Å². The topological polar surface area (TPSA) is 68.8 Å². The Kier molecular flexibility index (Phi) is 3.43. The van der Waals surface area contributed by atoms with Crippen LogP contribution in [0.4, 0.5) is 5.95 Å². The summed E-state index contributed by atoms with van der Waals surface area (Å²) >= 11 is 0. The van der Waals surface area contributed by atoms with Gasteiger partial charge in [0, 0.05) is 13.0 Å². The predicted molar refractivity (Wildman–Crippen MR) is 64.4 cm³/mol. The lowest BCUT2D eigenvalue weighted by Crippen LogP contribution is -2.27. The van der Waals surface area contributed by atoms with Gasteiger partial charge in [-0.3, -0.25) is 0 Å². The van der Waals surface area contributed by atoms with Crippen LogP contribution < -0.4 is 11.1 Å². The van der Waals surface area contributed by atoms with Crippen LogP contribution in [0.5, 0.6) is 0 Å². The Balaban J connectivity index is 2.17. The summed E-state index contributed by atoms with van der Waals surface area (Å²) in [4.78, 5) is 4.51. The molecule has 0 radical (unpaired) electrons. The van der Waals surface area contributed by atoms with Crippen molar-refractivity contribution in [1.29, 1.82) is 0 Å². The van der Waals surface area contributed by atoms with Crippen LogP contribution in [0.15, 0.2) is 0 Å². The lowest BCUT2D eigenvalue weighted by atomic mass is 10.0. The Bertz CT molecular complexity index is 344. The van der Waals surface area contributed by atoms with Gasteiger partial charge in [0.15, 0.2) is 5.82 Å². The van der Waals surface area contributed by atoms with Crippen LogP contribution in [0.2, 0.25) is 0 Å². The van der Waals surface area contributed by atoms with E-state index in [0.29, 0.717) is 18.5 Å². The molecule has 3 N–H and O–H groups in total. The first-order valence-electron chi connectivity index (χ1n) is 6.11. The molecule has 1 aromatic rings. The molecule has 16 heavy (non-hydrogen) atoms. The second-order valence-electron chi connectivity index (χ2n) is 4.72. The van der Waals surface area contributed by atoms with Crippen molar-refractivity contribution in [2.45, 2.75) is 39.2 Å². The maximum atomic E-state index is 5.50. The van der Waals surface area contributed by atoms with E-state index in [-0.39, 0.29) is 0 Å². The molecule has 2 rings (SSSR count). The molecule has 1 aliphatic rings. The van der Waals surface area contributed by atoms with E-state index in [2.05, 4.69) is 33.9 Å². The van der Waals surface area contributed by atoms with Crippen LogP contribution in [0.1, 0.15) is 38.6 Å². The monoisotopic (exact) mass is 223 g/mol. The molecule has 0 fully saturated rings. The molecule has 5 heteroatoms. The van der Waals surface area contributed by atoms with E-state index in [9.17, 15) is 0 Å². The second-order valence-corrected chi connectivity index (χ2v) is 4.72. The average molecular weight is 223 g/mol. The van der Waals surface area contributed by atoms with Crippen LogP contribution >= 0.6 is 0 Å². The molecular weight excluding hydrogens is 202 g/mol. The standard InChI is InChI=1S/C11H21N5/c1-8(2)9-5-7-13-11-14-10(4-3-6-12)15-16(9)11/h8-9H,3-7,12H2,1-2H3,(H,13,14,15). The zero-order valence-electron chi connectivity index (χ0n) is 10.1. The fourth-order valence-electron chi connectivity index (χ4n) is 2.16. The van der Waals surface area contributed by atoms with Gasteiger partial charge >= 0.3 is 0 Å². The second kappa shape index (κ2) is 4.82. The Morgan fingerprint density at radius 1 is 1.56 bits per heavy atom. The maximum Gasteiger partial charge on any atom is 0.221 e. The third-order valence-corrected chi connectivity index (χ3v) is 3.09. The molecular formula is C11H21N5. The quantitative estimate of drug-likeness (QED) is 0.804. The third-order valence-electron chi connectivity index (χ3n) is 3.09. The molecule has 0 amide bonds. The van der Waals surface area contributed by atoms with Gasteiger partial charge in [0.05, 0.1) is 6.04 Å². The van der Waals surface area contributed by atoms with E-state index in [4.69, 9.17) is 5.73 Å². The lowest BCUT2D eigenvalue weighted by Gasteiger charge is -2.27. The summed E-state index contributed by atoms with van der Waals surface area (Å²) in [6.07, 6.45) is 2.96. The molecule has 1 aromatic heterocycles. The molecule has 0 aliphatic carbocycles. The van der Waals surface area contributed by atoms with Crippen molar-refractivity contribution >= 4 is 5.95 Å². The Morgan fingerprint density at radius 2 is 2.38 bits per heavy atom. The van der Waals surface area contributed by atoms with Gasteiger partial charge in [-0.25, -0.2) is 4.68 Å². The summed E-state index contributed by atoms with van der Waals surface area (Å²) in [5.74, 6) is 2.45. The fraction of sp³-hybridized carbons (Fsp3) is 0.818. The highest BCUT2D eigenvalue weighted by atomic mass is 15.4. The predicted octanol–water partition coefficient (Wildman–Crippen LogP) is 1.18. The first-order chi connectivity index (χ1) is 7.72. The number of aromatic nitrogens is 3. The SMILES string of the molecule is CC(C)C1CCNc2nc(CCCN)nn21. The van der Waals surface area contributed by atoms with Gasteiger partial charge in [-0.2, -0.15) is 10.1 Å². The Morgan fingerprint density at radius 3 is 3.06 bits per heavy atom. The van der Waals surface area contributed by atoms with Gasteiger partial charge in [-0.15, -0.1) is 0 Å². The van der Waals surface area contributed by atoms with Crippen LogP contribution in [0.3, 0.4) is 0 Å². The minimum Gasteiger partial charge on any atom is -0.354 e. The van der Waals surface area contributed by atoms with Crippen molar-refractivity contribution in [3.8, 4) is 0 Å². The average Bonchev–Trinajstić information content (AvgIpc) is 2.68.